The fraction of sp³-hybridized carbons (Fsp3) is 0.500. The van der Waals surface area contributed by atoms with Crippen LogP contribution in [0.3, 0.4) is 0 Å². The number of hydrogen-bond donors (Lipinski definition) is 0. The van der Waals surface area contributed by atoms with Gasteiger partial charge in [-0.15, -0.1) is 10.2 Å². The zero-order valence-electron chi connectivity index (χ0n) is 12.2. The molecule has 0 unspecified atom stereocenters. The average Bonchev–Trinajstić information content (AvgIpc) is 3.27. The fourth-order valence-electron chi connectivity index (χ4n) is 2.32. The number of furan rings is 1. The molecule has 0 saturated carbocycles. The van der Waals surface area contributed by atoms with Crippen LogP contribution in [0.5, 0.6) is 0 Å². The molecular weight excluding hydrogens is 306 g/mol. The molecule has 0 bridgehead atoms. The second-order valence-corrected chi connectivity index (χ2v) is 5.84. The Morgan fingerprint density at radius 3 is 3.14 bits per heavy atom. The van der Waals surface area contributed by atoms with Crippen molar-refractivity contribution in [2.75, 3.05) is 19.5 Å². The van der Waals surface area contributed by atoms with Gasteiger partial charge in [0.1, 0.15) is 0 Å². The number of thioether (sulfide) groups is 1. The van der Waals surface area contributed by atoms with Crippen LogP contribution < -0.4 is 0 Å². The highest BCUT2D eigenvalue weighted by molar-refractivity contribution is 7.99. The van der Waals surface area contributed by atoms with Gasteiger partial charge >= 0.3 is 5.97 Å². The Morgan fingerprint density at radius 1 is 1.55 bits per heavy atom. The van der Waals surface area contributed by atoms with Crippen LogP contribution in [0.2, 0.25) is 0 Å². The maximum Gasteiger partial charge on any atom is 0.316 e. The lowest BCUT2D eigenvalue weighted by Crippen LogP contribution is -2.17. The predicted octanol–water partition coefficient (Wildman–Crippen LogP) is 1.98. The number of hydrogen-bond acceptors (Lipinski definition) is 7. The van der Waals surface area contributed by atoms with Crippen molar-refractivity contribution in [3.63, 3.8) is 0 Å². The molecule has 1 saturated heterocycles. The number of rotatable bonds is 6. The van der Waals surface area contributed by atoms with Crippen molar-refractivity contribution in [1.82, 2.24) is 14.8 Å². The second-order valence-electron chi connectivity index (χ2n) is 4.89. The molecule has 7 nitrogen and oxygen atoms in total. The van der Waals surface area contributed by atoms with Crippen molar-refractivity contribution < 1.29 is 18.7 Å². The smallest absolute Gasteiger partial charge is 0.316 e. The Morgan fingerprint density at radius 2 is 2.45 bits per heavy atom. The number of methoxy groups -OCH3 is 1. The van der Waals surface area contributed by atoms with Gasteiger partial charge in [0, 0.05) is 6.61 Å². The van der Waals surface area contributed by atoms with Crippen molar-refractivity contribution in [1.29, 1.82) is 0 Å². The summed E-state index contributed by atoms with van der Waals surface area (Å²) in [5.41, 5.74) is 0. The molecule has 118 valence electrons. The van der Waals surface area contributed by atoms with Crippen LogP contribution in [-0.4, -0.2) is 46.3 Å². The van der Waals surface area contributed by atoms with Crippen LogP contribution in [0.4, 0.5) is 0 Å². The lowest BCUT2D eigenvalue weighted by atomic mass is 10.2. The molecule has 3 heterocycles. The summed E-state index contributed by atoms with van der Waals surface area (Å²) in [7, 11) is 1.37. The van der Waals surface area contributed by atoms with E-state index in [4.69, 9.17) is 9.15 Å². The van der Waals surface area contributed by atoms with Crippen molar-refractivity contribution in [2.45, 2.75) is 30.6 Å². The third kappa shape index (κ3) is 3.33. The van der Waals surface area contributed by atoms with E-state index in [9.17, 15) is 4.79 Å². The summed E-state index contributed by atoms with van der Waals surface area (Å²) in [6.07, 6.45) is 3.81. The van der Waals surface area contributed by atoms with E-state index in [1.165, 1.54) is 18.9 Å². The van der Waals surface area contributed by atoms with Crippen LogP contribution >= 0.6 is 11.8 Å². The molecular formula is C14H17N3O4S. The third-order valence-electron chi connectivity index (χ3n) is 3.42. The number of aromatic nitrogens is 3. The molecule has 2 aromatic heterocycles. The standard InChI is InChI=1S/C14H17N3O4S/c1-19-12(18)9-22-14-16-15-13(11-5-3-7-21-11)17(14)8-10-4-2-6-20-10/h3,5,7,10H,2,4,6,8-9H2,1H3/t10-/m0/s1. The summed E-state index contributed by atoms with van der Waals surface area (Å²) in [6.45, 7) is 1.43. The van der Waals surface area contributed by atoms with Crippen LogP contribution in [0.15, 0.2) is 28.0 Å². The lowest BCUT2D eigenvalue weighted by molar-refractivity contribution is -0.137. The monoisotopic (exact) mass is 323 g/mol. The topological polar surface area (TPSA) is 79.4 Å². The van der Waals surface area contributed by atoms with Gasteiger partial charge in [-0.2, -0.15) is 0 Å². The second kappa shape index (κ2) is 6.97. The van der Waals surface area contributed by atoms with Gasteiger partial charge in [-0.3, -0.25) is 9.36 Å². The Kier molecular flexibility index (Phi) is 4.79. The zero-order valence-corrected chi connectivity index (χ0v) is 13.0. The largest absolute Gasteiger partial charge is 0.468 e. The first kappa shape index (κ1) is 15.1. The van der Waals surface area contributed by atoms with Crippen molar-refractivity contribution in [2.24, 2.45) is 0 Å². The number of esters is 1. The molecule has 0 aromatic carbocycles. The molecule has 0 spiro atoms. The van der Waals surface area contributed by atoms with Crippen LogP contribution in [0.25, 0.3) is 11.6 Å². The lowest BCUT2D eigenvalue weighted by Gasteiger charge is -2.13. The summed E-state index contributed by atoms with van der Waals surface area (Å²) in [4.78, 5) is 11.3. The number of carbonyl (C=O) groups is 1. The molecule has 0 radical (unpaired) electrons. The van der Waals surface area contributed by atoms with Gasteiger partial charge in [0.15, 0.2) is 10.9 Å². The summed E-state index contributed by atoms with van der Waals surface area (Å²) in [6, 6.07) is 3.65. The molecule has 0 aliphatic carbocycles. The minimum atomic E-state index is -0.295. The average molecular weight is 323 g/mol. The molecule has 2 aromatic rings. The number of nitrogens with zero attached hydrogens (tertiary/aromatic N) is 3. The zero-order chi connectivity index (χ0) is 15.4. The van der Waals surface area contributed by atoms with Gasteiger partial charge in [0.2, 0.25) is 5.82 Å². The van der Waals surface area contributed by atoms with E-state index in [1.807, 2.05) is 16.7 Å². The van der Waals surface area contributed by atoms with Crippen LogP contribution in [0.1, 0.15) is 12.8 Å². The van der Waals surface area contributed by atoms with Crippen molar-refractivity contribution in [3.8, 4) is 11.6 Å². The van der Waals surface area contributed by atoms with Gasteiger partial charge < -0.3 is 13.9 Å². The minimum absolute atomic E-state index is 0.141. The molecule has 1 fully saturated rings. The van der Waals surface area contributed by atoms with E-state index in [2.05, 4.69) is 14.9 Å². The maximum atomic E-state index is 11.3. The summed E-state index contributed by atoms with van der Waals surface area (Å²) in [5.74, 6) is 1.19. The highest BCUT2D eigenvalue weighted by Crippen LogP contribution is 2.26. The Bertz CT molecular complexity index is 620. The Balaban J connectivity index is 1.83. The highest BCUT2D eigenvalue weighted by atomic mass is 32.2. The quantitative estimate of drug-likeness (QED) is 0.594. The van der Waals surface area contributed by atoms with Crippen molar-refractivity contribution in [3.05, 3.63) is 18.4 Å². The van der Waals surface area contributed by atoms with E-state index in [1.54, 1.807) is 6.26 Å². The van der Waals surface area contributed by atoms with Gasteiger partial charge in [-0.05, 0) is 25.0 Å². The normalized spacial score (nSPS) is 17.8. The molecule has 3 rings (SSSR count). The first-order valence-electron chi connectivity index (χ1n) is 7.06. The van der Waals surface area contributed by atoms with Crippen molar-refractivity contribution >= 4 is 17.7 Å². The minimum Gasteiger partial charge on any atom is -0.468 e. The Labute approximate surface area is 132 Å². The number of ether oxygens (including phenoxy) is 2. The van der Waals surface area contributed by atoms with Crippen LogP contribution in [-0.2, 0) is 20.8 Å². The molecule has 0 amide bonds. The van der Waals surface area contributed by atoms with E-state index in [-0.39, 0.29) is 17.8 Å². The first-order chi connectivity index (χ1) is 10.8. The summed E-state index contributed by atoms with van der Waals surface area (Å²) in [5, 5.41) is 9.03. The van der Waals surface area contributed by atoms with E-state index >= 15 is 0 Å². The maximum absolute atomic E-state index is 11.3. The van der Waals surface area contributed by atoms with Gasteiger partial charge in [0.05, 0.1) is 31.8 Å². The van der Waals surface area contributed by atoms with Crippen LogP contribution in [0, 0.1) is 0 Å². The van der Waals surface area contributed by atoms with Gasteiger partial charge in [-0.1, -0.05) is 11.8 Å². The molecule has 1 aliphatic rings. The SMILES string of the molecule is COC(=O)CSc1nnc(-c2ccco2)n1C[C@@H]1CCCO1. The van der Waals surface area contributed by atoms with E-state index < -0.39 is 0 Å². The van der Waals surface area contributed by atoms with E-state index in [0.29, 0.717) is 23.3 Å². The Hall–Kier alpha value is -1.80. The van der Waals surface area contributed by atoms with E-state index in [0.717, 1.165) is 19.4 Å². The first-order valence-corrected chi connectivity index (χ1v) is 8.05. The van der Waals surface area contributed by atoms with Gasteiger partial charge in [0.25, 0.3) is 0 Å². The third-order valence-corrected chi connectivity index (χ3v) is 4.36. The number of carbonyl (C=O) groups excluding carboxylic acids is 1. The molecule has 1 atom stereocenters. The molecule has 8 heteroatoms. The fourth-order valence-corrected chi connectivity index (χ4v) is 3.10. The summed E-state index contributed by atoms with van der Waals surface area (Å²) >= 11 is 1.30. The molecule has 22 heavy (non-hydrogen) atoms. The molecule has 0 N–H and O–H groups in total. The highest BCUT2D eigenvalue weighted by Gasteiger charge is 2.23. The molecule has 1 aliphatic heterocycles. The summed E-state index contributed by atoms with van der Waals surface area (Å²) < 4.78 is 17.7. The predicted molar refractivity (Wildman–Crippen MR) is 79.4 cm³/mol. The van der Waals surface area contributed by atoms with Gasteiger partial charge in [-0.25, -0.2) is 0 Å².